The van der Waals surface area contributed by atoms with E-state index in [0.717, 1.165) is 0 Å². The van der Waals surface area contributed by atoms with Crippen molar-refractivity contribution in [3.63, 3.8) is 0 Å². The van der Waals surface area contributed by atoms with Crippen LogP contribution in [0, 0.1) is 17.0 Å². The van der Waals surface area contributed by atoms with E-state index >= 15 is 0 Å². The Hall–Kier alpha value is -2.74. The number of hydrogen-bond acceptors (Lipinski definition) is 5. The smallest absolute Gasteiger partial charge is 0.268 e. The van der Waals surface area contributed by atoms with E-state index in [1.165, 1.54) is 30.3 Å². The number of carbonyl (C=O) groups is 1. The van der Waals surface area contributed by atoms with Crippen LogP contribution < -0.4 is 4.72 Å². The molecule has 0 aliphatic carbocycles. The van der Waals surface area contributed by atoms with E-state index in [4.69, 9.17) is 0 Å². The molecule has 2 rings (SSSR count). The van der Waals surface area contributed by atoms with Crippen LogP contribution in [0.15, 0.2) is 48.5 Å². The van der Waals surface area contributed by atoms with E-state index in [1.54, 1.807) is 25.1 Å². The Kier molecular flexibility index (Phi) is 4.75. The molecule has 0 aromatic heterocycles. The van der Waals surface area contributed by atoms with Crippen molar-refractivity contribution in [2.45, 2.75) is 12.7 Å². The fraction of sp³-hybridized carbons (Fsp3) is 0.133. The zero-order valence-corrected chi connectivity index (χ0v) is 13.0. The second-order valence-corrected chi connectivity index (χ2v) is 6.65. The Bertz CT molecular complexity index is 844. The molecule has 1 N–H and O–H groups in total. The molecule has 8 heteroatoms. The largest absolute Gasteiger partial charge is 0.269 e. The Morgan fingerprint density at radius 1 is 1.13 bits per heavy atom. The number of benzene rings is 2. The molecule has 0 heterocycles. The Balaban J connectivity index is 2.11. The zero-order chi connectivity index (χ0) is 17.0. The monoisotopic (exact) mass is 334 g/mol. The summed E-state index contributed by atoms with van der Waals surface area (Å²) >= 11 is 0. The summed E-state index contributed by atoms with van der Waals surface area (Å²) in [4.78, 5) is 22.0. The number of nitro benzene ring substituents is 1. The van der Waals surface area contributed by atoms with Gasteiger partial charge >= 0.3 is 0 Å². The molecule has 0 aliphatic heterocycles. The number of nitro groups is 1. The lowest BCUT2D eigenvalue weighted by Crippen LogP contribution is -2.32. The van der Waals surface area contributed by atoms with Gasteiger partial charge in [-0.2, -0.15) is 0 Å². The van der Waals surface area contributed by atoms with E-state index < -0.39 is 26.6 Å². The van der Waals surface area contributed by atoms with Crippen LogP contribution in [0.3, 0.4) is 0 Å². The summed E-state index contributed by atoms with van der Waals surface area (Å²) in [5.74, 6) is -1.15. The predicted octanol–water partition coefficient (Wildman–Crippen LogP) is 2.16. The number of aryl methyl sites for hydroxylation is 1. The number of sulfonamides is 1. The van der Waals surface area contributed by atoms with Crippen LogP contribution in [0.2, 0.25) is 0 Å². The second kappa shape index (κ2) is 6.57. The molecule has 2 aromatic carbocycles. The third kappa shape index (κ3) is 4.36. The van der Waals surface area contributed by atoms with Crippen molar-refractivity contribution in [1.29, 1.82) is 0 Å². The van der Waals surface area contributed by atoms with Gasteiger partial charge in [0.15, 0.2) is 0 Å². The van der Waals surface area contributed by atoms with Gasteiger partial charge in [0.05, 0.1) is 10.7 Å². The molecule has 120 valence electrons. The van der Waals surface area contributed by atoms with Gasteiger partial charge in [-0.25, -0.2) is 13.1 Å². The van der Waals surface area contributed by atoms with Crippen molar-refractivity contribution in [3.8, 4) is 0 Å². The first kappa shape index (κ1) is 16.6. The van der Waals surface area contributed by atoms with E-state index in [1.807, 2.05) is 4.72 Å². The lowest BCUT2D eigenvalue weighted by atomic mass is 10.1. The van der Waals surface area contributed by atoms with Crippen molar-refractivity contribution in [3.05, 3.63) is 75.3 Å². The van der Waals surface area contributed by atoms with E-state index in [-0.39, 0.29) is 11.3 Å². The minimum Gasteiger partial charge on any atom is -0.268 e. The van der Waals surface area contributed by atoms with Crippen molar-refractivity contribution < 1.29 is 18.1 Å². The molecule has 0 spiro atoms. The molecule has 0 radical (unpaired) electrons. The van der Waals surface area contributed by atoms with Crippen LogP contribution in [-0.4, -0.2) is 19.2 Å². The molecule has 7 nitrogen and oxygen atoms in total. The summed E-state index contributed by atoms with van der Waals surface area (Å²) in [5.41, 5.74) is 1.16. The first-order chi connectivity index (χ1) is 10.8. The molecule has 1 amide bonds. The third-order valence-electron chi connectivity index (χ3n) is 3.14. The van der Waals surface area contributed by atoms with Crippen molar-refractivity contribution >= 4 is 21.6 Å². The highest BCUT2D eigenvalue weighted by molar-refractivity contribution is 7.89. The van der Waals surface area contributed by atoms with Gasteiger partial charge in [0, 0.05) is 17.7 Å². The van der Waals surface area contributed by atoms with Crippen molar-refractivity contribution in [2.24, 2.45) is 0 Å². The summed E-state index contributed by atoms with van der Waals surface area (Å²) in [5, 5.41) is 10.6. The molecule has 0 bridgehead atoms. The van der Waals surface area contributed by atoms with Gasteiger partial charge in [-0.3, -0.25) is 14.9 Å². The maximum atomic E-state index is 12.0. The molecule has 0 aliphatic rings. The third-order valence-corrected chi connectivity index (χ3v) is 4.35. The Morgan fingerprint density at radius 3 is 2.30 bits per heavy atom. The highest BCUT2D eigenvalue weighted by Gasteiger charge is 2.18. The zero-order valence-electron chi connectivity index (χ0n) is 12.2. The summed E-state index contributed by atoms with van der Waals surface area (Å²) in [6.45, 7) is 1.71. The number of rotatable bonds is 5. The molecule has 0 fully saturated rings. The lowest BCUT2D eigenvalue weighted by molar-refractivity contribution is -0.384. The first-order valence-electron chi connectivity index (χ1n) is 6.62. The van der Waals surface area contributed by atoms with Crippen LogP contribution in [0.25, 0.3) is 0 Å². The summed E-state index contributed by atoms with van der Waals surface area (Å²) in [7, 11) is -3.90. The summed E-state index contributed by atoms with van der Waals surface area (Å²) in [6, 6.07) is 11.7. The number of carbonyl (C=O) groups excluding carboxylic acids is 1. The predicted molar refractivity (Wildman–Crippen MR) is 84.4 cm³/mol. The number of nitrogens with one attached hydrogen (secondary N) is 1. The van der Waals surface area contributed by atoms with Gasteiger partial charge < -0.3 is 0 Å². The van der Waals surface area contributed by atoms with Gasteiger partial charge in [0.25, 0.3) is 11.6 Å². The van der Waals surface area contributed by atoms with Gasteiger partial charge in [0.1, 0.15) is 0 Å². The Labute approximate surface area is 133 Å². The average Bonchev–Trinajstić information content (AvgIpc) is 2.47. The molecular formula is C15H14N2O5S. The van der Waals surface area contributed by atoms with E-state index in [0.29, 0.717) is 11.1 Å². The average molecular weight is 334 g/mol. The number of non-ortho nitro benzene ring substituents is 1. The normalized spacial score (nSPS) is 11.0. The topological polar surface area (TPSA) is 106 Å². The second-order valence-electron chi connectivity index (χ2n) is 4.93. The number of nitrogens with zero attached hydrogens (tertiary/aromatic N) is 1. The molecule has 0 saturated heterocycles. The first-order valence-corrected chi connectivity index (χ1v) is 8.27. The number of hydrogen-bond donors (Lipinski definition) is 1. The standard InChI is InChI=1S/C15H14N2O5S/c1-11-4-2-3-5-14(11)15(18)16-23(21,22)10-12-6-8-13(9-7-12)17(19)20/h2-9H,10H2,1H3,(H,16,18). The van der Waals surface area contributed by atoms with Crippen LogP contribution in [0.1, 0.15) is 21.5 Å². The van der Waals surface area contributed by atoms with Crippen LogP contribution >= 0.6 is 0 Å². The van der Waals surface area contributed by atoms with Gasteiger partial charge in [0.2, 0.25) is 10.0 Å². The minimum absolute atomic E-state index is 0.130. The minimum atomic E-state index is -3.90. The van der Waals surface area contributed by atoms with Crippen LogP contribution in [-0.2, 0) is 15.8 Å². The molecule has 0 unspecified atom stereocenters. The van der Waals surface area contributed by atoms with E-state index in [9.17, 15) is 23.3 Å². The molecule has 0 atom stereocenters. The molecule has 0 saturated carbocycles. The Morgan fingerprint density at radius 2 is 1.74 bits per heavy atom. The summed E-state index contributed by atoms with van der Waals surface area (Å²) < 4.78 is 26.1. The highest BCUT2D eigenvalue weighted by atomic mass is 32.2. The highest BCUT2D eigenvalue weighted by Crippen LogP contribution is 2.14. The van der Waals surface area contributed by atoms with Gasteiger partial charge in [-0.15, -0.1) is 0 Å². The van der Waals surface area contributed by atoms with E-state index in [2.05, 4.69) is 0 Å². The molecule has 23 heavy (non-hydrogen) atoms. The summed E-state index contributed by atoms with van der Waals surface area (Å²) in [6.07, 6.45) is 0. The fourth-order valence-electron chi connectivity index (χ4n) is 1.99. The fourth-order valence-corrected chi connectivity index (χ4v) is 3.09. The molecular weight excluding hydrogens is 320 g/mol. The SMILES string of the molecule is Cc1ccccc1C(=O)NS(=O)(=O)Cc1ccc([N+](=O)[O-])cc1. The maximum Gasteiger partial charge on any atom is 0.269 e. The van der Waals surface area contributed by atoms with Crippen molar-refractivity contribution in [1.82, 2.24) is 4.72 Å². The van der Waals surface area contributed by atoms with Gasteiger partial charge in [-0.1, -0.05) is 30.3 Å². The maximum absolute atomic E-state index is 12.0. The quantitative estimate of drug-likeness (QED) is 0.666. The van der Waals surface area contributed by atoms with Gasteiger partial charge in [-0.05, 0) is 24.1 Å². The number of amides is 1. The van der Waals surface area contributed by atoms with Crippen LogP contribution in [0.4, 0.5) is 5.69 Å². The van der Waals surface area contributed by atoms with Crippen molar-refractivity contribution in [2.75, 3.05) is 0 Å². The van der Waals surface area contributed by atoms with Crippen LogP contribution in [0.5, 0.6) is 0 Å². The lowest BCUT2D eigenvalue weighted by Gasteiger charge is -2.08. The molecule has 2 aromatic rings.